The van der Waals surface area contributed by atoms with Crippen molar-refractivity contribution in [3.63, 3.8) is 0 Å². The molecule has 9 heteroatoms. The number of nitrogens with zero attached hydrogens (tertiary/aromatic N) is 2. The van der Waals surface area contributed by atoms with Gasteiger partial charge in [0, 0.05) is 13.0 Å². The third kappa shape index (κ3) is 3.06. The van der Waals surface area contributed by atoms with E-state index >= 15 is 0 Å². The van der Waals surface area contributed by atoms with E-state index in [9.17, 15) is 8.42 Å². The monoisotopic (exact) mass is 298 g/mol. The largest absolute Gasteiger partial charge is 0.497 e. The Hall–Kier alpha value is -2.13. The number of ether oxygens (including phenoxy) is 1. The molecule has 0 aliphatic carbocycles. The van der Waals surface area contributed by atoms with E-state index in [0.717, 1.165) is 0 Å². The van der Waals surface area contributed by atoms with Gasteiger partial charge in [-0.1, -0.05) is 5.16 Å². The normalized spacial score (nSPS) is 11.5. The van der Waals surface area contributed by atoms with Crippen LogP contribution in [0.3, 0.4) is 0 Å². The minimum absolute atomic E-state index is 0.0292. The van der Waals surface area contributed by atoms with Gasteiger partial charge in [0.1, 0.15) is 10.6 Å². The Balaban J connectivity index is 2.18. The molecular formula is C11H14N4O4S. The van der Waals surface area contributed by atoms with E-state index in [2.05, 4.69) is 14.9 Å². The highest BCUT2D eigenvalue weighted by atomic mass is 32.2. The summed E-state index contributed by atoms with van der Waals surface area (Å²) in [7, 11) is -2.29. The van der Waals surface area contributed by atoms with Gasteiger partial charge in [-0.2, -0.15) is 4.98 Å². The van der Waals surface area contributed by atoms with Crippen LogP contribution in [0.25, 0.3) is 0 Å². The number of aryl methyl sites for hydroxylation is 1. The van der Waals surface area contributed by atoms with Crippen LogP contribution in [-0.2, 0) is 16.6 Å². The molecule has 0 aliphatic heterocycles. The summed E-state index contributed by atoms with van der Waals surface area (Å²) in [6.45, 7) is 1.54. The lowest BCUT2D eigenvalue weighted by Crippen LogP contribution is -2.24. The van der Waals surface area contributed by atoms with Crippen LogP contribution >= 0.6 is 0 Å². The van der Waals surface area contributed by atoms with E-state index in [1.165, 1.54) is 25.3 Å². The van der Waals surface area contributed by atoms with E-state index in [-0.39, 0.29) is 23.0 Å². The van der Waals surface area contributed by atoms with Crippen molar-refractivity contribution in [3.05, 3.63) is 29.9 Å². The number of sulfonamides is 1. The molecule has 0 saturated heterocycles. The van der Waals surface area contributed by atoms with Gasteiger partial charge in [-0.05, 0) is 12.1 Å². The summed E-state index contributed by atoms with van der Waals surface area (Å²) in [6, 6.07) is 4.33. The van der Waals surface area contributed by atoms with Gasteiger partial charge >= 0.3 is 0 Å². The van der Waals surface area contributed by atoms with Gasteiger partial charge in [-0.3, -0.25) is 0 Å². The lowest BCUT2D eigenvalue weighted by atomic mass is 10.3. The van der Waals surface area contributed by atoms with Gasteiger partial charge in [0.25, 0.3) is 0 Å². The SMILES string of the molecule is COc1ccc(S(=O)(=O)NCc2noc(C)n2)c(N)c1. The van der Waals surface area contributed by atoms with Crippen molar-refractivity contribution >= 4 is 15.7 Å². The second-order valence-electron chi connectivity index (χ2n) is 3.96. The maximum absolute atomic E-state index is 12.1. The van der Waals surface area contributed by atoms with Crippen molar-refractivity contribution in [2.45, 2.75) is 18.4 Å². The minimum atomic E-state index is -3.76. The lowest BCUT2D eigenvalue weighted by Gasteiger charge is -2.09. The summed E-state index contributed by atoms with van der Waals surface area (Å²) >= 11 is 0. The topological polar surface area (TPSA) is 120 Å². The first kappa shape index (κ1) is 14.3. The van der Waals surface area contributed by atoms with Crippen molar-refractivity contribution in [1.29, 1.82) is 0 Å². The Labute approximate surface area is 116 Å². The van der Waals surface area contributed by atoms with Crippen LogP contribution < -0.4 is 15.2 Å². The summed E-state index contributed by atoms with van der Waals surface area (Å²) < 4.78 is 36.3. The number of hydrogen-bond donors (Lipinski definition) is 2. The molecule has 0 aliphatic rings. The molecule has 0 spiro atoms. The summed E-state index contributed by atoms with van der Waals surface area (Å²) in [4.78, 5) is 3.87. The number of hydrogen-bond acceptors (Lipinski definition) is 7. The minimum Gasteiger partial charge on any atom is -0.497 e. The molecule has 1 heterocycles. The predicted octanol–water partition coefficient (Wildman–Crippen LogP) is 0.447. The smallest absolute Gasteiger partial charge is 0.243 e. The highest BCUT2D eigenvalue weighted by Gasteiger charge is 2.18. The van der Waals surface area contributed by atoms with E-state index in [1.54, 1.807) is 6.92 Å². The maximum Gasteiger partial charge on any atom is 0.243 e. The molecule has 3 N–H and O–H groups in total. The Morgan fingerprint density at radius 2 is 2.20 bits per heavy atom. The number of nitrogen functional groups attached to an aromatic ring is 1. The standard InChI is InChI=1S/C11H14N4O4S/c1-7-14-11(15-19-7)6-13-20(16,17)10-4-3-8(18-2)5-9(10)12/h3-5,13H,6,12H2,1-2H3. The highest BCUT2D eigenvalue weighted by molar-refractivity contribution is 7.89. The first-order chi connectivity index (χ1) is 9.42. The molecule has 0 amide bonds. The Bertz CT molecular complexity index is 711. The number of nitrogens with one attached hydrogen (secondary N) is 1. The van der Waals surface area contributed by atoms with Gasteiger partial charge in [0.05, 0.1) is 19.3 Å². The average Bonchev–Trinajstić information content (AvgIpc) is 2.82. The molecule has 0 fully saturated rings. The average molecular weight is 298 g/mol. The fourth-order valence-corrected chi connectivity index (χ4v) is 2.64. The summed E-state index contributed by atoms with van der Waals surface area (Å²) in [5.74, 6) is 1.09. The molecule has 0 saturated carbocycles. The second-order valence-corrected chi connectivity index (χ2v) is 5.69. The van der Waals surface area contributed by atoms with Crippen LogP contribution in [-0.4, -0.2) is 25.7 Å². The Morgan fingerprint density at radius 3 is 2.75 bits per heavy atom. The zero-order chi connectivity index (χ0) is 14.8. The zero-order valence-corrected chi connectivity index (χ0v) is 11.8. The third-order valence-corrected chi connectivity index (χ3v) is 3.97. The van der Waals surface area contributed by atoms with Gasteiger partial charge < -0.3 is 15.0 Å². The summed E-state index contributed by atoms with van der Waals surface area (Å²) in [5.41, 5.74) is 5.81. The van der Waals surface area contributed by atoms with Crippen LogP contribution in [0.5, 0.6) is 5.75 Å². The second kappa shape index (κ2) is 5.47. The third-order valence-electron chi connectivity index (χ3n) is 2.50. The van der Waals surface area contributed by atoms with Crippen molar-refractivity contribution in [1.82, 2.24) is 14.9 Å². The molecular weight excluding hydrogens is 284 g/mol. The Kier molecular flexibility index (Phi) is 3.91. The molecule has 108 valence electrons. The quantitative estimate of drug-likeness (QED) is 0.768. The molecule has 0 radical (unpaired) electrons. The van der Waals surface area contributed by atoms with Crippen molar-refractivity contribution in [3.8, 4) is 5.75 Å². The van der Waals surface area contributed by atoms with Crippen LogP contribution in [0.4, 0.5) is 5.69 Å². The number of aromatic nitrogens is 2. The van der Waals surface area contributed by atoms with Gasteiger partial charge in [0.2, 0.25) is 15.9 Å². The highest BCUT2D eigenvalue weighted by Crippen LogP contribution is 2.23. The lowest BCUT2D eigenvalue weighted by molar-refractivity contribution is 0.387. The zero-order valence-electron chi connectivity index (χ0n) is 11.0. The fraction of sp³-hybridized carbons (Fsp3) is 0.273. The molecule has 2 rings (SSSR count). The number of anilines is 1. The van der Waals surface area contributed by atoms with Crippen LogP contribution in [0, 0.1) is 6.92 Å². The van der Waals surface area contributed by atoms with E-state index < -0.39 is 10.0 Å². The number of benzene rings is 1. The van der Waals surface area contributed by atoms with Gasteiger partial charge in [-0.25, -0.2) is 13.1 Å². The molecule has 1 aromatic heterocycles. The van der Waals surface area contributed by atoms with Gasteiger partial charge in [-0.15, -0.1) is 0 Å². The van der Waals surface area contributed by atoms with Crippen molar-refractivity contribution in [2.75, 3.05) is 12.8 Å². The predicted molar refractivity (Wildman–Crippen MR) is 70.5 cm³/mol. The molecule has 20 heavy (non-hydrogen) atoms. The van der Waals surface area contributed by atoms with Crippen LogP contribution in [0.15, 0.2) is 27.6 Å². The Morgan fingerprint density at radius 1 is 1.45 bits per heavy atom. The summed E-state index contributed by atoms with van der Waals surface area (Å²) in [6.07, 6.45) is 0. The molecule has 0 atom stereocenters. The van der Waals surface area contributed by atoms with E-state index in [4.69, 9.17) is 15.0 Å². The molecule has 0 unspecified atom stereocenters. The van der Waals surface area contributed by atoms with Crippen molar-refractivity contribution in [2.24, 2.45) is 0 Å². The fourth-order valence-electron chi connectivity index (χ4n) is 1.55. The van der Waals surface area contributed by atoms with E-state index in [1.807, 2.05) is 0 Å². The maximum atomic E-state index is 12.1. The van der Waals surface area contributed by atoms with Crippen LogP contribution in [0.2, 0.25) is 0 Å². The number of nitrogens with two attached hydrogens (primary N) is 1. The molecule has 1 aromatic carbocycles. The van der Waals surface area contributed by atoms with Crippen molar-refractivity contribution < 1.29 is 17.7 Å². The van der Waals surface area contributed by atoms with Gasteiger partial charge in [0.15, 0.2) is 5.82 Å². The first-order valence-corrected chi connectivity index (χ1v) is 7.13. The molecule has 0 bridgehead atoms. The summed E-state index contributed by atoms with van der Waals surface area (Å²) in [5, 5.41) is 3.60. The first-order valence-electron chi connectivity index (χ1n) is 5.65. The van der Waals surface area contributed by atoms with Crippen LogP contribution in [0.1, 0.15) is 11.7 Å². The number of methoxy groups -OCH3 is 1. The molecule has 2 aromatic rings. The number of rotatable bonds is 5. The van der Waals surface area contributed by atoms with E-state index in [0.29, 0.717) is 11.6 Å². The molecule has 8 nitrogen and oxygen atoms in total.